The lowest BCUT2D eigenvalue weighted by Crippen LogP contribution is -1.97. The number of nitro groups is 1. The fourth-order valence-corrected chi connectivity index (χ4v) is 1.40. The minimum atomic E-state index is -4.44. The summed E-state index contributed by atoms with van der Waals surface area (Å²) in [5, 5.41) is 10.3. The predicted molar refractivity (Wildman–Crippen MR) is 54.8 cm³/mol. The Bertz CT molecular complexity index is 411. The third-order valence-corrected chi connectivity index (χ3v) is 2.32. The van der Waals surface area contributed by atoms with Crippen LogP contribution in [-0.4, -0.2) is 21.3 Å². The highest BCUT2D eigenvalue weighted by atomic mass is 31.2. The summed E-state index contributed by atoms with van der Waals surface area (Å²) < 4.78 is 14.6. The number of hydrogen-bond donors (Lipinski definition) is 2. The van der Waals surface area contributed by atoms with Gasteiger partial charge in [0.05, 0.1) is 11.5 Å². The van der Waals surface area contributed by atoms with Crippen LogP contribution < -0.4 is 0 Å². The zero-order chi connectivity index (χ0) is 12.2. The van der Waals surface area contributed by atoms with Crippen molar-refractivity contribution < 1.29 is 23.8 Å². The van der Waals surface area contributed by atoms with Gasteiger partial charge in [-0.05, 0) is 12.0 Å². The third-order valence-electron chi connectivity index (χ3n) is 1.80. The van der Waals surface area contributed by atoms with Gasteiger partial charge in [0.15, 0.2) is 0 Å². The van der Waals surface area contributed by atoms with Gasteiger partial charge >= 0.3 is 7.82 Å². The summed E-state index contributed by atoms with van der Waals surface area (Å²) in [6, 6.07) is 5.68. The number of hydrogen-bond acceptors (Lipinski definition) is 4. The molecule has 0 saturated heterocycles. The number of nitrogens with zero attached hydrogens (tertiary/aromatic N) is 1. The van der Waals surface area contributed by atoms with Crippen molar-refractivity contribution in [2.45, 2.75) is 6.42 Å². The molecule has 1 aromatic carbocycles. The van der Waals surface area contributed by atoms with E-state index in [0.29, 0.717) is 5.56 Å². The van der Waals surface area contributed by atoms with Crippen LogP contribution in [0.5, 0.6) is 0 Å². The average molecular weight is 247 g/mol. The highest BCUT2D eigenvalue weighted by Crippen LogP contribution is 2.35. The fourth-order valence-electron chi connectivity index (χ4n) is 1.07. The molecule has 0 amide bonds. The van der Waals surface area contributed by atoms with Crippen LogP contribution in [-0.2, 0) is 15.5 Å². The van der Waals surface area contributed by atoms with E-state index in [9.17, 15) is 14.7 Å². The highest BCUT2D eigenvalue weighted by Gasteiger charge is 2.13. The van der Waals surface area contributed by atoms with Gasteiger partial charge in [0.25, 0.3) is 5.69 Å². The number of phosphoric ester groups is 1. The van der Waals surface area contributed by atoms with Gasteiger partial charge in [-0.2, -0.15) is 0 Å². The third kappa shape index (κ3) is 4.50. The van der Waals surface area contributed by atoms with Crippen LogP contribution in [0, 0.1) is 10.1 Å². The van der Waals surface area contributed by atoms with Crippen molar-refractivity contribution in [1.29, 1.82) is 0 Å². The van der Waals surface area contributed by atoms with E-state index in [2.05, 4.69) is 4.52 Å². The summed E-state index contributed by atoms with van der Waals surface area (Å²) in [6.07, 6.45) is 0.281. The van der Waals surface area contributed by atoms with Crippen molar-refractivity contribution in [1.82, 2.24) is 0 Å². The summed E-state index contributed by atoms with van der Waals surface area (Å²) in [5.41, 5.74) is 0.679. The van der Waals surface area contributed by atoms with Crippen LogP contribution >= 0.6 is 7.82 Å². The lowest BCUT2D eigenvalue weighted by Gasteiger charge is -2.04. The van der Waals surface area contributed by atoms with Crippen LogP contribution in [0.4, 0.5) is 5.69 Å². The molecule has 0 unspecified atom stereocenters. The molecule has 0 spiro atoms. The van der Waals surface area contributed by atoms with Crippen molar-refractivity contribution in [3.63, 3.8) is 0 Å². The quantitative estimate of drug-likeness (QED) is 0.460. The van der Waals surface area contributed by atoms with E-state index in [1.54, 1.807) is 0 Å². The zero-order valence-electron chi connectivity index (χ0n) is 8.15. The second kappa shape index (κ2) is 5.18. The van der Waals surface area contributed by atoms with Crippen LogP contribution in [0.25, 0.3) is 0 Å². The number of nitro benzene ring substituents is 1. The molecule has 0 radical (unpaired) electrons. The second-order valence-corrected chi connectivity index (χ2v) is 4.24. The summed E-state index contributed by atoms with van der Waals surface area (Å²) >= 11 is 0. The van der Waals surface area contributed by atoms with Crippen LogP contribution in [0.2, 0.25) is 0 Å². The SMILES string of the molecule is O=[N+]([O-])c1ccc(CCOP(=O)(O)O)cc1. The lowest BCUT2D eigenvalue weighted by molar-refractivity contribution is -0.384. The minimum absolute atomic E-state index is 0.0281. The van der Waals surface area contributed by atoms with Gasteiger partial charge in [-0.15, -0.1) is 0 Å². The summed E-state index contributed by atoms with van der Waals surface area (Å²) in [7, 11) is -4.44. The Kier molecular flexibility index (Phi) is 4.14. The second-order valence-electron chi connectivity index (χ2n) is 3.00. The Morgan fingerprint density at radius 1 is 1.31 bits per heavy atom. The van der Waals surface area contributed by atoms with Crippen molar-refractivity contribution in [3.8, 4) is 0 Å². The van der Waals surface area contributed by atoms with E-state index in [-0.39, 0.29) is 18.7 Å². The number of non-ortho nitro benzene ring substituents is 1. The first-order chi connectivity index (χ1) is 7.38. The molecule has 0 aliphatic carbocycles. The first-order valence-corrected chi connectivity index (χ1v) is 5.85. The molecule has 7 nitrogen and oxygen atoms in total. The van der Waals surface area contributed by atoms with E-state index in [0.717, 1.165) is 0 Å². The van der Waals surface area contributed by atoms with E-state index >= 15 is 0 Å². The first-order valence-electron chi connectivity index (χ1n) is 4.32. The van der Waals surface area contributed by atoms with E-state index in [1.807, 2.05) is 0 Å². The average Bonchev–Trinajstić information content (AvgIpc) is 2.16. The summed E-state index contributed by atoms with van der Waals surface area (Å²) in [6.45, 7) is -0.137. The lowest BCUT2D eigenvalue weighted by atomic mass is 10.1. The minimum Gasteiger partial charge on any atom is -0.303 e. The molecule has 0 bridgehead atoms. The maximum Gasteiger partial charge on any atom is 0.469 e. The molecule has 0 aliphatic heterocycles. The summed E-state index contributed by atoms with van der Waals surface area (Å²) in [5.74, 6) is 0. The Balaban J connectivity index is 2.50. The highest BCUT2D eigenvalue weighted by molar-refractivity contribution is 7.46. The molecule has 1 rings (SSSR count). The van der Waals surface area contributed by atoms with Crippen molar-refractivity contribution in [2.75, 3.05) is 6.61 Å². The smallest absolute Gasteiger partial charge is 0.303 e. The topological polar surface area (TPSA) is 110 Å². The molecule has 1 aromatic rings. The Labute approximate surface area is 91.1 Å². The van der Waals surface area contributed by atoms with E-state index in [1.165, 1.54) is 24.3 Å². The molecule has 0 aliphatic rings. The zero-order valence-corrected chi connectivity index (χ0v) is 9.04. The monoisotopic (exact) mass is 247 g/mol. The molecule has 0 aromatic heterocycles. The molecule has 2 N–H and O–H groups in total. The molecule has 0 saturated carbocycles. The Morgan fingerprint density at radius 2 is 1.88 bits per heavy atom. The molecule has 88 valence electrons. The standard InChI is InChI=1S/C8H10NO6P/c10-9(11)8-3-1-7(2-4-8)5-6-15-16(12,13)14/h1-4H,5-6H2,(H2,12,13,14). The molecule has 0 atom stereocenters. The molecule has 0 fully saturated rings. The van der Waals surface area contributed by atoms with Gasteiger partial charge in [-0.3, -0.25) is 14.6 Å². The van der Waals surface area contributed by atoms with E-state index < -0.39 is 12.7 Å². The molecular weight excluding hydrogens is 237 g/mol. The van der Waals surface area contributed by atoms with Crippen LogP contribution in [0.1, 0.15) is 5.56 Å². The normalized spacial score (nSPS) is 11.4. The molecule has 16 heavy (non-hydrogen) atoms. The van der Waals surface area contributed by atoms with Gasteiger partial charge in [-0.1, -0.05) is 12.1 Å². The van der Waals surface area contributed by atoms with Crippen molar-refractivity contribution in [3.05, 3.63) is 39.9 Å². The van der Waals surface area contributed by atoms with Crippen LogP contribution in [0.3, 0.4) is 0 Å². The molecule has 8 heteroatoms. The maximum absolute atomic E-state index is 10.3. The number of phosphoric acid groups is 1. The Morgan fingerprint density at radius 3 is 2.31 bits per heavy atom. The largest absolute Gasteiger partial charge is 0.469 e. The predicted octanol–water partition coefficient (Wildman–Crippen LogP) is 1.25. The van der Waals surface area contributed by atoms with Gasteiger partial charge < -0.3 is 9.79 Å². The van der Waals surface area contributed by atoms with Crippen molar-refractivity contribution >= 4 is 13.5 Å². The van der Waals surface area contributed by atoms with Gasteiger partial charge in [0, 0.05) is 12.1 Å². The van der Waals surface area contributed by atoms with Gasteiger partial charge in [0.2, 0.25) is 0 Å². The summed E-state index contributed by atoms with van der Waals surface area (Å²) in [4.78, 5) is 26.6. The fraction of sp³-hybridized carbons (Fsp3) is 0.250. The van der Waals surface area contributed by atoms with Crippen LogP contribution in [0.15, 0.2) is 24.3 Å². The number of benzene rings is 1. The van der Waals surface area contributed by atoms with Gasteiger partial charge in [-0.25, -0.2) is 4.57 Å². The molecule has 0 heterocycles. The van der Waals surface area contributed by atoms with Crippen molar-refractivity contribution in [2.24, 2.45) is 0 Å². The number of rotatable bonds is 5. The Hall–Kier alpha value is -1.27. The first kappa shape index (κ1) is 12.8. The maximum atomic E-state index is 10.3. The van der Waals surface area contributed by atoms with E-state index in [4.69, 9.17) is 9.79 Å². The van der Waals surface area contributed by atoms with Gasteiger partial charge in [0.1, 0.15) is 0 Å². The molecular formula is C8H10NO6P.